The molecule has 1 heterocycles. The summed E-state index contributed by atoms with van der Waals surface area (Å²) in [5, 5.41) is 0.976. The average Bonchev–Trinajstić information content (AvgIpc) is 2.94. The molecule has 1 aromatic rings. The van der Waals surface area contributed by atoms with Crippen LogP contribution in [0.2, 0.25) is 0 Å². The van der Waals surface area contributed by atoms with E-state index in [-0.39, 0.29) is 5.97 Å². The first-order chi connectivity index (χ1) is 8.70. The molecule has 3 nitrogen and oxygen atoms in total. The quantitative estimate of drug-likeness (QED) is 0.610. The van der Waals surface area contributed by atoms with E-state index in [0.717, 1.165) is 27.7 Å². The number of fused-ring (bicyclic) bond motifs is 2. The van der Waals surface area contributed by atoms with Gasteiger partial charge >= 0.3 is 5.97 Å². The summed E-state index contributed by atoms with van der Waals surface area (Å²) in [6, 6.07) is 9.58. The number of carbonyl (C=O) groups excluding carboxylic acids is 1. The van der Waals surface area contributed by atoms with E-state index in [1.54, 1.807) is 12.3 Å². The standard InChI is InChI=1S/C15H12O3/c1-9-7-14-10(5-6-18-14)8-13-11(9)3-4-12(13)15(16)17-2/h3-8H,1-2H3. The van der Waals surface area contributed by atoms with Crippen molar-refractivity contribution in [1.29, 1.82) is 0 Å². The molecule has 0 saturated carbocycles. The van der Waals surface area contributed by atoms with E-state index in [0.29, 0.717) is 5.56 Å². The molecule has 1 aromatic heterocycles. The first-order valence-electron chi connectivity index (χ1n) is 5.69. The second-order valence-corrected chi connectivity index (χ2v) is 4.28. The summed E-state index contributed by atoms with van der Waals surface area (Å²) in [6.45, 7) is 2.01. The summed E-state index contributed by atoms with van der Waals surface area (Å²) in [5.74, 6) is -0.313. The summed E-state index contributed by atoms with van der Waals surface area (Å²) >= 11 is 0. The van der Waals surface area contributed by atoms with Crippen LogP contribution in [0, 0.1) is 6.92 Å². The van der Waals surface area contributed by atoms with Crippen molar-refractivity contribution in [2.75, 3.05) is 7.11 Å². The Morgan fingerprint density at radius 3 is 2.78 bits per heavy atom. The van der Waals surface area contributed by atoms with Crippen molar-refractivity contribution in [3.05, 3.63) is 47.7 Å². The van der Waals surface area contributed by atoms with Crippen LogP contribution in [-0.4, -0.2) is 13.1 Å². The highest BCUT2D eigenvalue weighted by atomic mass is 16.5. The molecule has 0 aliphatic heterocycles. The molecule has 0 aromatic carbocycles. The number of hydrogen-bond donors (Lipinski definition) is 0. The number of methoxy groups -OCH3 is 1. The molecular weight excluding hydrogens is 228 g/mol. The maximum atomic E-state index is 11.7. The molecule has 0 N–H and O–H groups in total. The number of aryl methyl sites for hydroxylation is 1. The van der Waals surface area contributed by atoms with Gasteiger partial charge in [-0.25, -0.2) is 4.79 Å². The predicted molar refractivity (Wildman–Crippen MR) is 68.9 cm³/mol. The van der Waals surface area contributed by atoms with E-state index < -0.39 is 0 Å². The molecule has 2 aliphatic carbocycles. The van der Waals surface area contributed by atoms with Gasteiger partial charge in [0.2, 0.25) is 0 Å². The van der Waals surface area contributed by atoms with Crippen LogP contribution in [0.4, 0.5) is 0 Å². The van der Waals surface area contributed by atoms with E-state index in [1.165, 1.54) is 7.11 Å². The number of ether oxygens (including phenoxy) is 1. The lowest BCUT2D eigenvalue weighted by Gasteiger charge is -2.01. The smallest absolute Gasteiger partial charge is 0.338 e. The topological polar surface area (TPSA) is 39.4 Å². The molecule has 3 heteroatoms. The van der Waals surface area contributed by atoms with E-state index in [9.17, 15) is 4.79 Å². The first-order valence-corrected chi connectivity index (χ1v) is 5.69. The minimum Gasteiger partial charge on any atom is -0.465 e. The Hall–Kier alpha value is -2.29. The van der Waals surface area contributed by atoms with Crippen LogP contribution in [-0.2, 0) is 4.74 Å². The molecule has 0 spiro atoms. The first kappa shape index (κ1) is 10.8. The summed E-state index contributed by atoms with van der Waals surface area (Å²) in [4.78, 5) is 11.7. The van der Waals surface area contributed by atoms with Crippen molar-refractivity contribution in [3.8, 4) is 11.1 Å². The Morgan fingerprint density at radius 2 is 2.00 bits per heavy atom. The third-order valence-electron chi connectivity index (χ3n) is 3.20. The van der Waals surface area contributed by atoms with Gasteiger partial charge in [0.05, 0.1) is 18.9 Å². The minimum atomic E-state index is -0.313. The molecule has 90 valence electrons. The molecular formula is C15H12O3. The Bertz CT molecular complexity index is 709. The number of carbonyl (C=O) groups is 1. The van der Waals surface area contributed by atoms with Crippen LogP contribution in [0.5, 0.6) is 0 Å². The second kappa shape index (κ2) is 3.88. The monoisotopic (exact) mass is 240 g/mol. The zero-order chi connectivity index (χ0) is 12.7. The van der Waals surface area contributed by atoms with Gasteiger partial charge in [0.25, 0.3) is 0 Å². The number of furan rings is 1. The SMILES string of the molecule is COC(=O)c1ccc2c(C)cc3occc3cc1-2. The van der Waals surface area contributed by atoms with Crippen LogP contribution < -0.4 is 0 Å². The van der Waals surface area contributed by atoms with Crippen molar-refractivity contribution in [3.63, 3.8) is 0 Å². The van der Waals surface area contributed by atoms with E-state index >= 15 is 0 Å². The van der Waals surface area contributed by atoms with Crippen LogP contribution in [0.15, 0.2) is 41.0 Å². The molecule has 18 heavy (non-hydrogen) atoms. The highest BCUT2D eigenvalue weighted by Gasteiger charge is 2.18. The zero-order valence-electron chi connectivity index (χ0n) is 10.2. The average molecular weight is 240 g/mol. The number of esters is 1. The van der Waals surface area contributed by atoms with Crippen molar-refractivity contribution < 1.29 is 13.9 Å². The molecule has 0 bridgehead atoms. The Labute approximate surface area is 104 Å². The lowest BCUT2D eigenvalue weighted by molar-refractivity contribution is 0.0602. The fourth-order valence-electron chi connectivity index (χ4n) is 2.28. The number of hydrogen-bond acceptors (Lipinski definition) is 3. The van der Waals surface area contributed by atoms with E-state index in [2.05, 4.69) is 0 Å². The highest BCUT2D eigenvalue weighted by molar-refractivity contribution is 6.01. The fraction of sp³-hybridized carbons (Fsp3) is 0.133. The normalized spacial score (nSPS) is 11.0. The van der Waals surface area contributed by atoms with Gasteiger partial charge in [0.15, 0.2) is 0 Å². The lowest BCUT2D eigenvalue weighted by Crippen LogP contribution is -2.00. The van der Waals surface area contributed by atoms with Gasteiger partial charge < -0.3 is 9.15 Å². The third-order valence-corrected chi connectivity index (χ3v) is 3.20. The predicted octanol–water partition coefficient (Wildman–Crippen LogP) is 3.63. The molecule has 0 unspecified atom stereocenters. The zero-order valence-corrected chi connectivity index (χ0v) is 10.2. The fourth-order valence-corrected chi connectivity index (χ4v) is 2.28. The van der Waals surface area contributed by atoms with Crippen LogP contribution in [0.3, 0.4) is 0 Å². The largest absolute Gasteiger partial charge is 0.465 e. The molecule has 0 atom stereocenters. The third kappa shape index (κ3) is 1.48. The Morgan fingerprint density at radius 1 is 1.17 bits per heavy atom. The molecule has 3 rings (SSSR count). The van der Waals surface area contributed by atoms with Crippen LogP contribution >= 0.6 is 0 Å². The highest BCUT2D eigenvalue weighted by Crippen LogP contribution is 2.33. The summed E-state index contributed by atoms with van der Waals surface area (Å²) < 4.78 is 10.2. The molecule has 0 radical (unpaired) electrons. The lowest BCUT2D eigenvalue weighted by atomic mass is 10.1. The van der Waals surface area contributed by atoms with Gasteiger partial charge in [-0.1, -0.05) is 6.07 Å². The molecule has 0 amide bonds. The van der Waals surface area contributed by atoms with Gasteiger partial charge in [-0.05, 0) is 47.9 Å². The Balaban J connectivity index is 2.38. The molecule has 0 fully saturated rings. The van der Waals surface area contributed by atoms with Crippen LogP contribution in [0.25, 0.3) is 22.1 Å². The Kier molecular flexibility index (Phi) is 2.33. The number of rotatable bonds is 1. The van der Waals surface area contributed by atoms with Crippen molar-refractivity contribution in [1.82, 2.24) is 0 Å². The maximum absolute atomic E-state index is 11.7. The summed E-state index contributed by atoms with van der Waals surface area (Å²) in [6.07, 6.45) is 1.65. The minimum absolute atomic E-state index is 0.313. The maximum Gasteiger partial charge on any atom is 0.338 e. The van der Waals surface area contributed by atoms with Gasteiger partial charge in [0, 0.05) is 5.39 Å². The van der Waals surface area contributed by atoms with E-state index in [4.69, 9.17) is 9.15 Å². The van der Waals surface area contributed by atoms with Crippen molar-refractivity contribution in [2.45, 2.75) is 6.92 Å². The van der Waals surface area contributed by atoms with Crippen molar-refractivity contribution >= 4 is 16.9 Å². The summed E-state index contributed by atoms with van der Waals surface area (Å²) in [5.41, 5.74) is 4.43. The van der Waals surface area contributed by atoms with Gasteiger partial charge in [0.1, 0.15) is 5.58 Å². The van der Waals surface area contributed by atoms with Gasteiger partial charge in [-0.15, -0.1) is 0 Å². The van der Waals surface area contributed by atoms with Gasteiger partial charge in [-0.2, -0.15) is 0 Å². The van der Waals surface area contributed by atoms with Crippen molar-refractivity contribution in [2.24, 2.45) is 0 Å². The van der Waals surface area contributed by atoms with Crippen LogP contribution in [0.1, 0.15) is 15.9 Å². The molecule has 0 saturated heterocycles. The second-order valence-electron chi connectivity index (χ2n) is 4.28. The molecule has 2 aliphatic rings. The summed E-state index contributed by atoms with van der Waals surface area (Å²) in [7, 11) is 1.39. The van der Waals surface area contributed by atoms with E-state index in [1.807, 2.05) is 31.2 Å². The van der Waals surface area contributed by atoms with Gasteiger partial charge in [-0.3, -0.25) is 0 Å².